The van der Waals surface area contributed by atoms with E-state index in [4.69, 9.17) is 14.2 Å². The van der Waals surface area contributed by atoms with Gasteiger partial charge in [-0.2, -0.15) is 0 Å². The Kier molecular flexibility index (Phi) is 7.10. The van der Waals surface area contributed by atoms with Crippen LogP contribution in [-0.2, 0) is 23.8 Å². The van der Waals surface area contributed by atoms with Crippen LogP contribution < -0.4 is 0 Å². The molecule has 9 nitrogen and oxygen atoms in total. The third kappa shape index (κ3) is 4.65. The van der Waals surface area contributed by atoms with Crippen molar-refractivity contribution in [2.24, 2.45) is 5.92 Å². The maximum Gasteiger partial charge on any atom is 0.336 e. The lowest BCUT2D eigenvalue weighted by molar-refractivity contribution is -0.291. The first kappa shape index (κ1) is 22.6. The summed E-state index contributed by atoms with van der Waals surface area (Å²) in [6.45, 7) is 5.12. The number of aliphatic hydroxyl groups excluding tert-OH is 4. The Hall–Kier alpha value is -2.04. The molecule has 0 spiro atoms. The topological polar surface area (TPSA) is 143 Å². The summed E-state index contributed by atoms with van der Waals surface area (Å²) in [5.74, 6) is -1.44. The molecule has 1 aliphatic carbocycles. The van der Waals surface area contributed by atoms with Crippen LogP contribution >= 0.6 is 0 Å². The quantitative estimate of drug-likeness (QED) is 0.277. The summed E-state index contributed by atoms with van der Waals surface area (Å²) in [4.78, 5) is 24.7. The third-order valence-corrected chi connectivity index (χ3v) is 5.79. The van der Waals surface area contributed by atoms with Crippen molar-refractivity contribution in [1.82, 2.24) is 0 Å². The fraction of sp³-hybridized carbons (Fsp3) is 0.619. The smallest absolute Gasteiger partial charge is 0.336 e. The maximum atomic E-state index is 12.8. The average molecular weight is 424 g/mol. The Morgan fingerprint density at radius 1 is 1.23 bits per heavy atom. The van der Waals surface area contributed by atoms with Crippen molar-refractivity contribution in [2.45, 2.75) is 69.4 Å². The van der Waals surface area contributed by atoms with E-state index in [-0.39, 0.29) is 5.92 Å². The zero-order valence-electron chi connectivity index (χ0n) is 16.8. The second-order valence-corrected chi connectivity index (χ2v) is 7.92. The van der Waals surface area contributed by atoms with E-state index in [9.17, 15) is 30.0 Å². The van der Waals surface area contributed by atoms with E-state index in [0.717, 1.165) is 5.57 Å². The molecule has 2 saturated heterocycles. The van der Waals surface area contributed by atoms with Crippen LogP contribution in [-0.4, -0.2) is 75.8 Å². The van der Waals surface area contributed by atoms with Crippen molar-refractivity contribution in [3.8, 4) is 0 Å². The minimum absolute atomic E-state index is 0.256. The van der Waals surface area contributed by atoms with Crippen molar-refractivity contribution in [1.29, 1.82) is 0 Å². The number of hydrogen-bond donors (Lipinski definition) is 4. The predicted octanol–water partition coefficient (Wildman–Crippen LogP) is -0.126. The molecular formula is C21H28O9. The summed E-state index contributed by atoms with van der Waals surface area (Å²) in [5.41, 5.74) is 1.73. The molecule has 4 N–H and O–H groups in total. The van der Waals surface area contributed by atoms with Gasteiger partial charge in [-0.25, -0.2) is 9.59 Å². The Morgan fingerprint density at radius 2 is 1.97 bits per heavy atom. The van der Waals surface area contributed by atoms with Crippen LogP contribution in [0.1, 0.15) is 32.6 Å². The van der Waals surface area contributed by atoms with Gasteiger partial charge in [0.05, 0.1) is 6.61 Å². The van der Waals surface area contributed by atoms with Gasteiger partial charge in [0.25, 0.3) is 0 Å². The molecule has 0 amide bonds. The molecule has 2 fully saturated rings. The highest BCUT2D eigenvalue weighted by atomic mass is 16.7. The van der Waals surface area contributed by atoms with E-state index in [2.05, 4.69) is 6.58 Å². The van der Waals surface area contributed by atoms with Crippen LogP contribution in [0.15, 0.2) is 35.5 Å². The van der Waals surface area contributed by atoms with Gasteiger partial charge in [-0.1, -0.05) is 18.2 Å². The third-order valence-electron chi connectivity index (χ3n) is 5.79. The Balaban J connectivity index is 1.72. The summed E-state index contributed by atoms with van der Waals surface area (Å²) in [5, 5.41) is 39.1. The van der Waals surface area contributed by atoms with E-state index in [0.29, 0.717) is 36.8 Å². The SMILES string of the molecule is C=C1C(=O)O[C@@H]2/C=C(\C)CCC=C(C(=O)O[C@@H]3O[C@H](CO)[C@@H](O)[C@H](O)[C@H]3O)CC[C@@H]12. The molecule has 0 aromatic heterocycles. The van der Waals surface area contributed by atoms with Crippen LogP contribution in [0, 0.1) is 5.92 Å². The molecule has 3 rings (SSSR count). The van der Waals surface area contributed by atoms with Crippen LogP contribution in [0.3, 0.4) is 0 Å². The summed E-state index contributed by atoms with van der Waals surface area (Å²) >= 11 is 0. The molecule has 3 aliphatic rings. The zero-order valence-corrected chi connectivity index (χ0v) is 16.8. The minimum atomic E-state index is -1.66. The first-order chi connectivity index (χ1) is 14.2. The van der Waals surface area contributed by atoms with Gasteiger partial charge in [0.1, 0.15) is 30.5 Å². The number of esters is 2. The van der Waals surface area contributed by atoms with E-state index in [1.165, 1.54) is 0 Å². The van der Waals surface area contributed by atoms with E-state index < -0.39 is 55.4 Å². The largest absolute Gasteiger partial charge is 0.454 e. The summed E-state index contributed by atoms with van der Waals surface area (Å²) in [6, 6.07) is 0. The minimum Gasteiger partial charge on any atom is -0.454 e. The van der Waals surface area contributed by atoms with Gasteiger partial charge in [-0.05, 0) is 38.7 Å². The van der Waals surface area contributed by atoms with Crippen LogP contribution in [0.5, 0.6) is 0 Å². The number of ether oxygens (including phenoxy) is 3. The molecule has 2 aliphatic heterocycles. The first-order valence-corrected chi connectivity index (χ1v) is 10.0. The van der Waals surface area contributed by atoms with Crippen molar-refractivity contribution in [3.05, 3.63) is 35.5 Å². The molecule has 30 heavy (non-hydrogen) atoms. The molecule has 0 radical (unpaired) electrons. The number of hydrogen-bond acceptors (Lipinski definition) is 9. The number of allylic oxidation sites excluding steroid dienone is 2. The van der Waals surface area contributed by atoms with E-state index in [1.54, 1.807) is 6.08 Å². The normalized spacial score (nSPS) is 39.3. The second-order valence-electron chi connectivity index (χ2n) is 7.92. The number of carbonyl (C=O) groups is 2. The standard InChI is InChI=1S/C21H28O9/c1-10-4-3-5-12(6-7-13-11(2)19(26)28-14(13)8-10)20(27)30-21-18(25)17(24)16(23)15(9-22)29-21/h5,8,13-18,21-25H,2-4,6-7,9H2,1H3/b10-8+,12-5?/t13-,14+,15+,16+,17-,18+,21-/m0/s1. The Morgan fingerprint density at radius 3 is 2.67 bits per heavy atom. The van der Waals surface area contributed by atoms with Crippen molar-refractivity contribution in [2.75, 3.05) is 6.61 Å². The van der Waals surface area contributed by atoms with Gasteiger partial charge in [-0.15, -0.1) is 0 Å². The maximum absolute atomic E-state index is 12.8. The van der Waals surface area contributed by atoms with Crippen molar-refractivity contribution in [3.63, 3.8) is 0 Å². The monoisotopic (exact) mass is 424 g/mol. The highest BCUT2D eigenvalue weighted by Crippen LogP contribution is 2.34. The Bertz CT molecular complexity index is 754. The number of aliphatic hydroxyl groups is 4. The number of rotatable bonds is 3. The lowest BCUT2D eigenvalue weighted by Gasteiger charge is -2.39. The fourth-order valence-corrected chi connectivity index (χ4v) is 3.90. The van der Waals surface area contributed by atoms with E-state index in [1.807, 2.05) is 13.0 Å². The van der Waals surface area contributed by atoms with Crippen molar-refractivity contribution < 1.29 is 44.2 Å². The van der Waals surface area contributed by atoms with Gasteiger partial charge in [-0.3, -0.25) is 0 Å². The summed E-state index contributed by atoms with van der Waals surface area (Å²) in [6.07, 6.45) is -2.34. The number of carbonyl (C=O) groups excluding carboxylic acids is 2. The summed E-state index contributed by atoms with van der Waals surface area (Å²) < 4.78 is 15.9. The molecule has 9 heteroatoms. The highest BCUT2D eigenvalue weighted by molar-refractivity contribution is 5.91. The molecule has 0 saturated carbocycles. The van der Waals surface area contributed by atoms with Crippen LogP contribution in [0.2, 0.25) is 0 Å². The second kappa shape index (κ2) is 9.40. The van der Waals surface area contributed by atoms with Gasteiger partial charge in [0.2, 0.25) is 6.29 Å². The molecule has 2 heterocycles. The molecule has 0 unspecified atom stereocenters. The van der Waals surface area contributed by atoms with Gasteiger partial charge < -0.3 is 34.6 Å². The molecule has 0 aromatic carbocycles. The first-order valence-electron chi connectivity index (χ1n) is 10.0. The highest BCUT2D eigenvalue weighted by Gasteiger charge is 2.45. The zero-order chi connectivity index (χ0) is 22.0. The fourth-order valence-electron chi connectivity index (χ4n) is 3.90. The van der Waals surface area contributed by atoms with Gasteiger partial charge >= 0.3 is 11.9 Å². The molecule has 0 bridgehead atoms. The van der Waals surface area contributed by atoms with Gasteiger partial charge in [0.15, 0.2) is 0 Å². The van der Waals surface area contributed by atoms with Crippen molar-refractivity contribution >= 4 is 11.9 Å². The number of fused-ring (bicyclic) bond motifs is 1. The Labute approximate surface area is 174 Å². The summed E-state index contributed by atoms with van der Waals surface area (Å²) in [7, 11) is 0. The molecule has 166 valence electrons. The average Bonchev–Trinajstić information content (AvgIpc) is 2.97. The lowest BCUT2D eigenvalue weighted by atomic mass is 9.88. The van der Waals surface area contributed by atoms with Crippen LogP contribution in [0.4, 0.5) is 0 Å². The van der Waals surface area contributed by atoms with Crippen LogP contribution in [0.25, 0.3) is 0 Å². The lowest BCUT2D eigenvalue weighted by Crippen LogP contribution is -2.59. The van der Waals surface area contributed by atoms with Gasteiger partial charge in [0, 0.05) is 17.1 Å². The van der Waals surface area contributed by atoms with E-state index >= 15 is 0 Å². The molecule has 0 aromatic rings. The molecule has 7 atom stereocenters. The molecular weight excluding hydrogens is 396 g/mol. The predicted molar refractivity (Wildman–Crippen MR) is 103 cm³/mol.